The number of pyridine rings is 1. The zero-order valence-electron chi connectivity index (χ0n) is 31.1. The molecule has 0 spiro atoms. The maximum absolute atomic E-state index is 14.1. The zero-order chi connectivity index (χ0) is 37.9. The number of fused-ring (bicyclic) bond motifs is 6. The van der Waals surface area contributed by atoms with Crippen molar-refractivity contribution in [1.29, 1.82) is 0 Å². The number of amides is 3. The van der Waals surface area contributed by atoms with Crippen molar-refractivity contribution >= 4 is 40.9 Å². The number of piperidine rings is 1. The molecule has 1 unspecified atom stereocenters. The maximum Gasteiger partial charge on any atom is 0.290 e. The van der Waals surface area contributed by atoms with E-state index in [4.69, 9.17) is 33.8 Å². The van der Waals surface area contributed by atoms with Crippen LogP contribution in [0.3, 0.4) is 0 Å². The minimum Gasteiger partial charge on any atom is -0.493 e. The Bertz CT molecular complexity index is 1740. The summed E-state index contributed by atoms with van der Waals surface area (Å²) < 4.78 is 22.8. The average Bonchev–Trinajstić information content (AvgIpc) is 3.62. The Balaban J connectivity index is 0.00000175. The van der Waals surface area contributed by atoms with Crippen LogP contribution in [-0.2, 0) is 43.3 Å². The lowest BCUT2D eigenvalue weighted by molar-refractivity contribution is -0.140. The Morgan fingerprint density at radius 1 is 0.962 bits per heavy atom. The molecule has 1 aliphatic carbocycles. The highest BCUT2D eigenvalue weighted by Crippen LogP contribution is 2.44. The molecule has 14 heteroatoms. The SMILES string of the molecule is CCOCC(=O)N1CCN(C(=O)C2Cc3ccccc3C2)CCC(=O)NCC2CCCN(C2)c2nc3cc(OC)c(OC)c(OC)c3cc2C1.O=CO. The van der Waals surface area contributed by atoms with Crippen LogP contribution in [0.4, 0.5) is 5.82 Å². The molecule has 1 fully saturated rings. The molecule has 286 valence electrons. The summed E-state index contributed by atoms with van der Waals surface area (Å²) in [6, 6.07) is 12.0. The third-order valence-corrected chi connectivity index (χ3v) is 10.2. The van der Waals surface area contributed by atoms with Crippen molar-refractivity contribution in [2.24, 2.45) is 11.8 Å². The number of ether oxygens (including phenoxy) is 4. The molecule has 53 heavy (non-hydrogen) atoms. The number of hydrogen-bond donors (Lipinski definition) is 2. The van der Waals surface area contributed by atoms with E-state index in [1.165, 1.54) is 11.1 Å². The van der Waals surface area contributed by atoms with Crippen molar-refractivity contribution in [2.75, 3.05) is 78.7 Å². The summed E-state index contributed by atoms with van der Waals surface area (Å²) in [6.45, 7) is 5.04. The smallest absolute Gasteiger partial charge is 0.290 e. The molecule has 3 aromatic rings. The summed E-state index contributed by atoms with van der Waals surface area (Å²) in [6.07, 6.45) is 3.46. The molecule has 1 aromatic heterocycles. The first kappa shape index (κ1) is 39.1. The molecular weight excluding hydrogens is 682 g/mol. The highest BCUT2D eigenvalue weighted by atomic mass is 16.5. The van der Waals surface area contributed by atoms with Gasteiger partial charge in [-0.3, -0.25) is 19.2 Å². The van der Waals surface area contributed by atoms with E-state index in [9.17, 15) is 14.4 Å². The molecule has 2 aromatic carbocycles. The van der Waals surface area contributed by atoms with Crippen molar-refractivity contribution in [3.63, 3.8) is 0 Å². The minimum atomic E-state index is -0.250. The number of aromatic nitrogens is 1. The Morgan fingerprint density at radius 3 is 2.32 bits per heavy atom. The number of anilines is 1. The van der Waals surface area contributed by atoms with E-state index in [0.717, 1.165) is 36.2 Å². The number of nitrogens with one attached hydrogen (secondary N) is 1. The molecule has 2 bridgehead atoms. The first-order valence-corrected chi connectivity index (χ1v) is 18.2. The summed E-state index contributed by atoms with van der Waals surface area (Å²) in [7, 11) is 4.73. The molecule has 3 heterocycles. The van der Waals surface area contributed by atoms with Gasteiger partial charge < -0.3 is 44.1 Å². The molecule has 1 saturated heterocycles. The van der Waals surface area contributed by atoms with E-state index in [2.05, 4.69) is 22.3 Å². The normalized spacial score (nSPS) is 18.0. The Morgan fingerprint density at radius 2 is 1.66 bits per heavy atom. The van der Waals surface area contributed by atoms with E-state index in [0.29, 0.717) is 55.3 Å². The van der Waals surface area contributed by atoms with Crippen molar-refractivity contribution in [3.05, 3.63) is 53.1 Å². The number of benzene rings is 2. The van der Waals surface area contributed by atoms with Crippen LogP contribution in [0.2, 0.25) is 0 Å². The Labute approximate surface area is 310 Å². The average molecular weight is 734 g/mol. The molecule has 6 rings (SSSR count). The molecule has 2 aliphatic heterocycles. The topological polar surface area (TPSA) is 160 Å². The van der Waals surface area contributed by atoms with Crippen LogP contribution in [-0.4, -0.2) is 118 Å². The van der Waals surface area contributed by atoms with Crippen molar-refractivity contribution in [1.82, 2.24) is 20.1 Å². The molecule has 3 amide bonds. The largest absolute Gasteiger partial charge is 0.493 e. The number of carbonyl (C=O) groups excluding carboxylic acids is 3. The van der Waals surface area contributed by atoms with Crippen LogP contribution in [0.5, 0.6) is 17.2 Å². The highest BCUT2D eigenvalue weighted by molar-refractivity contribution is 5.92. The molecule has 2 N–H and O–H groups in total. The van der Waals surface area contributed by atoms with Crippen molar-refractivity contribution < 1.29 is 43.2 Å². The second-order valence-corrected chi connectivity index (χ2v) is 13.4. The van der Waals surface area contributed by atoms with Gasteiger partial charge in [0, 0.05) is 81.8 Å². The monoisotopic (exact) mass is 733 g/mol. The second-order valence-electron chi connectivity index (χ2n) is 13.4. The number of rotatable bonds is 7. The third kappa shape index (κ3) is 9.28. The third-order valence-electron chi connectivity index (χ3n) is 10.2. The van der Waals surface area contributed by atoms with Crippen LogP contribution >= 0.6 is 0 Å². The van der Waals surface area contributed by atoms with Gasteiger partial charge in [-0.2, -0.15) is 0 Å². The van der Waals surface area contributed by atoms with E-state index >= 15 is 0 Å². The van der Waals surface area contributed by atoms with Gasteiger partial charge in [-0.15, -0.1) is 0 Å². The lowest BCUT2D eigenvalue weighted by Gasteiger charge is -2.35. The van der Waals surface area contributed by atoms with Gasteiger partial charge in [0.25, 0.3) is 6.47 Å². The number of carbonyl (C=O) groups is 4. The number of hydrogen-bond acceptors (Lipinski definition) is 10. The molecule has 0 saturated carbocycles. The summed E-state index contributed by atoms with van der Waals surface area (Å²) >= 11 is 0. The highest BCUT2D eigenvalue weighted by Gasteiger charge is 2.32. The van der Waals surface area contributed by atoms with E-state index in [-0.39, 0.29) is 75.2 Å². The first-order chi connectivity index (χ1) is 25.7. The molecule has 0 radical (unpaired) electrons. The fourth-order valence-corrected chi connectivity index (χ4v) is 7.56. The van der Waals surface area contributed by atoms with Crippen molar-refractivity contribution in [2.45, 2.75) is 45.6 Å². The maximum atomic E-state index is 14.1. The van der Waals surface area contributed by atoms with Crippen molar-refractivity contribution in [3.8, 4) is 17.2 Å². The Kier molecular flexibility index (Phi) is 13.7. The molecule has 3 aliphatic rings. The van der Waals surface area contributed by atoms with E-state index in [1.54, 1.807) is 31.1 Å². The summed E-state index contributed by atoms with van der Waals surface area (Å²) in [4.78, 5) is 60.4. The predicted molar refractivity (Wildman–Crippen MR) is 198 cm³/mol. The van der Waals surface area contributed by atoms with Gasteiger partial charge in [-0.1, -0.05) is 24.3 Å². The number of nitrogens with zero attached hydrogens (tertiary/aromatic N) is 4. The summed E-state index contributed by atoms with van der Waals surface area (Å²) in [5.74, 6) is 1.99. The number of carboxylic acid groups (broad SMARTS) is 1. The fraction of sp³-hybridized carbons (Fsp3) is 0.513. The summed E-state index contributed by atoms with van der Waals surface area (Å²) in [5, 5.41) is 10.8. The van der Waals surface area contributed by atoms with Crippen LogP contribution in [0, 0.1) is 11.8 Å². The van der Waals surface area contributed by atoms with Crippen LogP contribution in [0.15, 0.2) is 36.4 Å². The first-order valence-electron chi connectivity index (χ1n) is 18.2. The van der Waals surface area contributed by atoms with Gasteiger partial charge in [0.15, 0.2) is 11.5 Å². The van der Waals surface area contributed by atoms with Gasteiger partial charge in [-0.25, -0.2) is 4.98 Å². The van der Waals surface area contributed by atoms with Gasteiger partial charge in [0.05, 0.1) is 26.8 Å². The second kappa shape index (κ2) is 18.6. The minimum absolute atomic E-state index is 0.0105. The van der Waals surface area contributed by atoms with Gasteiger partial charge in [0.2, 0.25) is 23.5 Å². The van der Waals surface area contributed by atoms with Gasteiger partial charge in [-0.05, 0) is 55.7 Å². The van der Waals surface area contributed by atoms with E-state index in [1.807, 2.05) is 31.2 Å². The van der Waals surface area contributed by atoms with Gasteiger partial charge >= 0.3 is 0 Å². The zero-order valence-corrected chi connectivity index (χ0v) is 31.1. The summed E-state index contributed by atoms with van der Waals surface area (Å²) in [5.41, 5.74) is 3.90. The molecule has 1 atom stereocenters. The molecule has 14 nitrogen and oxygen atoms in total. The fourth-order valence-electron chi connectivity index (χ4n) is 7.56. The number of methoxy groups -OCH3 is 3. The standard InChI is InChI=1S/C38H49N5O7.CH2O2/c1-5-50-24-34(45)42-16-15-41(38(46)28-17-26-10-6-7-11-27(26)18-28)14-12-33(44)39-21-25-9-8-13-43(22-25)37-29(23-42)19-30-31(40-37)20-32(47-2)36(49-4)35(30)48-3;2-1-3/h6-7,10-11,19-20,25,28H,5,8-9,12-18,21-24H2,1-4H3,(H,39,44);1H,(H,2,3). The lowest BCUT2D eigenvalue weighted by atomic mass is 9.97. The quantitative estimate of drug-likeness (QED) is 0.343. The van der Waals surface area contributed by atoms with Gasteiger partial charge in [0.1, 0.15) is 12.4 Å². The lowest BCUT2D eigenvalue weighted by Crippen LogP contribution is -2.45. The molecular formula is C39H51N5O9. The van der Waals surface area contributed by atoms with Crippen LogP contribution in [0.1, 0.15) is 42.9 Å². The van der Waals surface area contributed by atoms with Crippen LogP contribution in [0.25, 0.3) is 10.9 Å². The van der Waals surface area contributed by atoms with Crippen LogP contribution < -0.4 is 24.4 Å². The Hall–Kier alpha value is -5.11. The van der Waals surface area contributed by atoms with E-state index < -0.39 is 0 Å². The predicted octanol–water partition coefficient (Wildman–Crippen LogP) is 3.31.